The monoisotopic (exact) mass is 404 g/mol. The number of guanidine groups is 1. The predicted octanol–water partition coefficient (Wildman–Crippen LogP) is 1.73. The first-order valence-electron chi connectivity index (χ1n) is 8.62. The maximum Gasteiger partial charge on any atom is 0.215 e. The molecule has 0 saturated carbocycles. The lowest BCUT2D eigenvalue weighted by molar-refractivity contribution is 0.414. The summed E-state index contributed by atoms with van der Waals surface area (Å²) in [5.74, 6) is 1.31. The van der Waals surface area contributed by atoms with E-state index in [1.165, 1.54) is 4.31 Å². The normalized spacial score (nSPS) is 12.3. The van der Waals surface area contributed by atoms with Crippen LogP contribution in [0.15, 0.2) is 23.2 Å². The SMILES string of the molecule is CCN(CC)S(=O)(=O)CCNC(=NC)NCCc1ccc(OC)cc1Cl. The molecule has 9 heteroatoms. The van der Waals surface area contributed by atoms with Gasteiger partial charge in [0, 0.05) is 38.2 Å². The molecule has 0 bridgehead atoms. The van der Waals surface area contributed by atoms with Crippen molar-refractivity contribution >= 4 is 27.6 Å². The molecule has 1 rings (SSSR count). The zero-order valence-electron chi connectivity index (χ0n) is 15.9. The molecule has 0 aliphatic carbocycles. The number of rotatable bonds is 10. The van der Waals surface area contributed by atoms with Gasteiger partial charge in [0.1, 0.15) is 5.75 Å². The Hall–Kier alpha value is -1.51. The van der Waals surface area contributed by atoms with Gasteiger partial charge >= 0.3 is 0 Å². The van der Waals surface area contributed by atoms with Gasteiger partial charge in [-0.3, -0.25) is 4.99 Å². The largest absolute Gasteiger partial charge is 0.497 e. The van der Waals surface area contributed by atoms with Crippen LogP contribution in [0, 0.1) is 0 Å². The van der Waals surface area contributed by atoms with Gasteiger partial charge in [-0.1, -0.05) is 31.5 Å². The molecule has 0 amide bonds. The van der Waals surface area contributed by atoms with Gasteiger partial charge in [0.15, 0.2) is 5.96 Å². The fourth-order valence-electron chi connectivity index (χ4n) is 2.44. The van der Waals surface area contributed by atoms with Crippen molar-refractivity contribution in [3.8, 4) is 5.75 Å². The van der Waals surface area contributed by atoms with Crippen molar-refractivity contribution in [2.75, 3.05) is 46.1 Å². The molecule has 0 radical (unpaired) electrons. The van der Waals surface area contributed by atoms with E-state index in [1.54, 1.807) is 20.2 Å². The van der Waals surface area contributed by atoms with Gasteiger partial charge in [-0.2, -0.15) is 0 Å². The summed E-state index contributed by atoms with van der Waals surface area (Å²) in [4.78, 5) is 4.11. The minimum absolute atomic E-state index is 0.0275. The fraction of sp³-hybridized carbons (Fsp3) is 0.588. The highest BCUT2D eigenvalue weighted by atomic mass is 35.5. The van der Waals surface area contributed by atoms with Crippen LogP contribution >= 0.6 is 11.6 Å². The van der Waals surface area contributed by atoms with Gasteiger partial charge < -0.3 is 15.4 Å². The molecule has 0 spiro atoms. The summed E-state index contributed by atoms with van der Waals surface area (Å²) in [5, 5.41) is 6.84. The number of halogens is 1. The maximum absolute atomic E-state index is 12.2. The number of sulfonamides is 1. The van der Waals surface area contributed by atoms with E-state index in [2.05, 4.69) is 15.6 Å². The van der Waals surface area contributed by atoms with E-state index in [1.807, 2.05) is 26.0 Å². The Bertz CT molecular complexity index is 691. The third-order valence-corrected chi connectivity index (χ3v) is 6.30. The number of methoxy groups -OCH3 is 1. The van der Waals surface area contributed by atoms with Gasteiger partial charge in [0.05, 0.1) is 12.9 Å². The minimum Gasteiger partial charge on any atom is -0.497 e. The van der Waals surface area contributed by atoms with Crippen LogP contribution in [-0.2, 0) is 16.4 Å². The maximum atomic E-state index is 12.2. The molecule has 0 unspecified atom stereocenters. The van der Waals surface area contributed by atoms with Crippen LogP contribution in [0.5, 0.6) is 5.75 Å². The Morgan fingerprint density at radius 1 is 1.23 bits per heavy atom. The molecule has 0 saturated heterocycles. The predicted molar refractivity (Wildman–Crippen MR) is 108 cm³/mol. The number of benzene rings is 1. The number of ether oxygens (including phenoxy) is 1. The van der Waals surface area contributed by atoms with Crippen molar-refractivity contribution in [3.63, 3.8) is 0 Å². The number of nitrogens with one attached hydrogen (secondary N) is 2. The molecule has 2 N–H and O–H groups in total. The second-order valence-corrected chi connectivity index (χ2v) is 8.03. The third kappa shape index (κ3) is 7.01. The average Bonchev–Trinajstić information content (AvgIpc) is 2.62. The van der Waals surface area contributed by atoms with Crippen LogP contribution in [0.1, 0.15) is 19.4 Å². The van der Waals surface area contributed by atoms with Crippen molar-refractivity contribution in [1.29, 1.82) is 0 Å². The van der Waals surface area contributed by atoms with Gasteiger partial charge in [-0.25, -0.2) is 12.7 Å². The molecule has 26 heavy (non-hydrogen) atoms. The van der Waals surface area contributed by atoms with Crippen LogP contribution < -0.4 is 15.4 Å². The third-order valence-electron chi connectivity index (χ3n) is 3.92. The summed E-state index contributed by atoms with van der Waals surface area (Å²) in [7, 11) is 0.00420. The summed E-state index contributed by atoms with van der Waals surface area (Å²) < 4.78 is 30.9. The topological polar surface area (TPSA) is 83.0 Å². The van der Waals surface area contributed by atoms with E-state index in [9.17, 15) is 8.42 Å². The highest BCUT2D eigenvalue weighted by molar-refractivity contribution is 7.89. The Labute approximate surface area is 161 Å². The molecular formula is C17H29ClN4O3S. The van der Waals surface area contributed by atoms with Gasteiger partial charge in [0.2, 0.25) is 10.0 Å². The molecule has 0 heterocycles. The second kappa shape index (κ2) is 11.3. The molecule has 0 aliphatic heterocycles. The van der Waals surface area contributed by atoms with Crippen molar-refractivity contribution in [2.24, 2.45) is 4.99 Å². The number of aliphatic imine (C=N–C) groups is 1. The quantitative estimate of drug-likeness (QED) is 0.458. The molecule has 0 fully saturated rings. The second-order valence-electron chi connectivity index (χ2n) is 5.53. The summed E-state index contributed by atoms with van der Waals surface area (Å²) in [6.45, 7) is 5.54. The fourth-order valence-corrected chi connectivity index (χ4v) is 4.11. The Kier molecular flexibility index (Phi) is 9.75. The number of hydrogen-bond acceptors (Lipinski definition) is 4. The van der Waals surface area contributed by atoms with E-state index in [0.29, 0.717) is 43.6 Å². The van der Waals surface area contributed by atoms with Crippen molar-refractivity contribution in [1.82, 2.24) is 14.9 Å². The highest BCUT2D eigenvalue weighted by Gasteiger charge is 2.18. The molecule has 0 aliphatic rings. The Morgan fingerprint density at radius 2 is 1.88 bits per heavy atom. The lowest BCUT2D eigenvalue weighted by atomic mass is 10.1. The van der Waals surface area contributed by atoms with Crippen LogP contribution in [-0.4, -0.2) is 64.8 Å². The summed E-state index contributed by atoms with van der Waals surface area (Å²) >= 11 is 6.22. The van der Waals surface area contributed by atoms with Crippen molar-refractivity contribution in [3.05, 3.63) is 28.8 Å². The lowest BCUT2D eigenvalue weighted by Crippen LogP contribution is -2.42. The van der Waals surface area contributed by atoms with Crippen LogP contribution in [0.25, 0.3) is 0 Å². The van der Waals surface area contributed by atoms with Crippen LogP contribution in [0.2, 0.25) is 5.02 Å². The summed E-state index contributed by atoms with van der Waals surface area (Å²) in [6.07, 6.45) is 0.710. The minimum atomic E-state index is -3.24. The van der Waals surface area contributed by atoms with E-state index in [4.69, 9.17) is 16.3 Å². The molecule has 148 valence electrons. The standard InChI is InChI=1S/C17H29ClN4O3S/c1-5-22(6-2)26(23,24)12-11-21-17(19-3)20-10-9-14-7-8-15(25-4)13-16(14)18/h7-8,13H,5-6,9-12H2,1-4H3,(H2,19,20,21). The zero-order chi connectivity index (χ0) is 19.6. The molecule has 1 aromatic carbocycles. The van der Waals surface area contributed by atoms with Gasteiger partial charge in [0.25, 0.3) is 0 Å². The van der Waals surface area contributed by atoms with Gasteiger partial charge in [-0.15, -0.1) is 0 Å². The van der Waals surface area contributed by atoms with Crippen molar-refractivity contribution in [2.45, 2.75) is 20.3 Å². The molecule has 0 atom stereocenters. The molecular weight excluding hydrogens is 376 g/mol. The molecule has 7 nitrogen and oxygen atoms in total. The first kappa shape index (κ1) is 22.5. The number of hydrogen-bond donors (Lipinski definition) is 2. The van der Waals surface area contributed by atoms with Gasteiger partial charge in [-0.05, 0) is 24.1 Å². The molecule has 1 aromatic rings. The summed E-state index contributed by atoms with van der Waals surface area (Å²) in [6, 6.07) is 5.57. The summed E-state index contributed by atoms with van der Waals surface area (Å²) in [5.41, 5.74) is 1.000. The first-order chi connectivity index (χ1) is 12.4. The van der Waals surface area contributed by atoms with Crippen LogP contribution in [0.3, 0.4) is 0 Å². The first-order valence-corrected chi connectivity index (χ1v) is 10.6. The van der Waals surface area contributed by atoms with Crippen molar-refractivity contribution < 1.29 is 13.2 Å². The Morgan fingerprint density at radius 3 is 2.42 bits per heavy atom. The smallest absolute Gasteiger partial charge is 0.215 e. The zero-order valence-corrected chi connectivity index (χ0v) is 17.5. The molecule has 0 aromatic heterocycles. The Balaban J connectivity index is 2.44. The highest BCUT2D eigenvalue weighted by Crippen LogP contribution is 2.22. The van der Waals surface area contributed by atoms with E-state index in [0.717, 1.165) is 11.3 Å². The average molecular weight is 405 g/mol. The van der Waals surface area contributed by atoms with E-state index in [-0.39, 0.29) is 5.75 Å². The number of nitrogens with zero attached hydrogens (tertiary/aromatic N) is 2. The van der Waals surface area contributed by atoms with Crippen LogP contribution in [0.4, 0.5) is 0 Å². The lowest BCUT2D eigenvalue weighted by Gasteiger charge is -2.19. The van der Waals surface area contributed by atoms with E-state index >= 15 is 0 Å². The van der Waals surface area contributed by atoms with E-state index < -0.39 is 10.0 Å².